The summed E-state index contributed by atoms with van der Waals surface area (Å²) in [4.78, 5) is 15.4. The Morgan fingerprint density at radius 2 is 1.49 bits per heavy atom. The summed E-state index contributed by atoms with van der Waals surface area (Å²) in [6.45, 7) is -0.875. The van der Waals surface area contributed by atoms with Crippen LogP contribution in [0.15, 0.2) is 47.4 Å². The number of halogens is 8. The van der Waals surface area contributed by atoms with Crippen molar-refractivity contribution >= 4 is 31.3 Å². The Hall–Kier alpha value is -2.99. The van der Waals surface area contributed by atoms with Gasteiger partial charge < -0.3 is 14.9 Å². The van der Waals surface area contributed by atoms with Gasteiger partial charge in [-0.3, -0.25) is 4.79 Å². The van der Waals surface area contributed by atoms with E-state index in [4.69, 9.17) is 0 Å². The fraction of sp³-hybridized carbons (Fsp3) is 0.519. The van der Waals surface area contributed by atoms with Crippen LogP contribution < -0.4 is 4.90 Å². The summed E-state index contributed by atoms with van der Waals surface area (Å²) in [6, 6.07) is 3.18. The number of amides is 1. The maximum atomic E-state index is 15.1. The molecule has 3 aliphatic heterocycles. The van der Waals surface area contributed by atoms with Crippen LogP contribution in [0.4, 0.5) is 40.8 Å². The number of sulfone groups is 2. The third-order valence-electron chi connectivity index (χ3n) is 9.05. The molecule has 45 heavy (non-hydrogen) atoms. The lowest BCUT2D eigenvalue weighted by atomic mass is 9.82. The number of rotatable bonds is 4. The van der Waals surface area contributed by atoms with Crippen LogP contribution >= 0.6 is 0 Å². The lowest BCUT2D eigenvalue weighted by molar-refractivity contribution is -0.348. The van der Waals surface area contributed by atoms with Crippen LogP contribution in [-0.2, 0) is 34.9 Å². The quantitative estimate of drug-likeness (QED) is 0.384. The van der Waals surface area contributed by atoms with E-state index in [0.29, 0.717) is 6.07 Å². The maximum absolute atomic E-state index is 15.1. The first-order chi connectivity index (χ1) is 20.5. The minimum atomic E-state index is -6.44. The van der Waals surface area contributed by atoms with E-state index in [9.17, 15) is 57.5 Å². The van der Waals surface area contributed by atoms with Gasteiger partial charge in [-0.2, -0.15) is 26.3 Å². The van der Waals surface area contributed by atoms with E-state index in [1.54, 1.807) is 0 Å². The van der Waals surface area contributed by atoms with Crippen molar-refractivity contribution in [2.45, 2.75) is 58.6 Å². The fourth-order valence-corrected chi connectivity index (χ4v) is 10.4. The fourth-order valence-electron chi connectivity index (χ4n) is 6.57. The molecule has 2 unspecified atom stereocenters. The molecule has 2 atom stereocenters. The van der Waals surface area contributed by atoms with Gasteiger partial charge >= 0.3 is 18.0 Å². The Bertz CT molecular complexity index is 1720. The van der Waals surface area contributed by atoms with Gasteiger partial charge in [0.15, 0.2) is 19.7 Å². The molecule has 5 rings (SSSR count). The van der Waals surface area contributed by atoms with Crippen LogP contribution in [0.25, 0.3) is 0 Å². The number of alkyl halides is 7. The first-order valence-corrected chi connectivity index (χ1v) is 16.7. The van der Waals surface area contributed by atoms with Crippen molar-refractivity contribution in [3.05, 3.63) is 59.4 Å². The van der Waals surface area contributed by atoms with Gasteiger partial charge in [-0.25, -0.2) is 25.6 Å². The lowest BCUT2D eigenvalue weighted by Crippen LogP contribution is -2.61. The number of hydrogen-bond donors (Lipinski definition) is 1. The number of carbonyl (C=O) groups is 1. The van der Waals surface area contributed by atoms with Gasteiger partial charge in [-0.1, -0.05) is 12.1 Å². The van der Waals surface area contributed by atoms with E-state index >= 15 is 4.39 Å². The van der Waals surface area contributed by atoms with Gasteiger partial charge in [0.05, 0.1) is 22.4 Å². The summed E-state index contributed by atoms with van der Waals surface area (Å²) in [6.07, 6.45) is -14.3. The summed E-state index contributed by atoms with van der Waals surface area (Å²) in [5.41, 5.74) is -10.7. The molecule has 2 fully saturated rings. The molecule has 0 saturated carbocycles. The number of nitrogens with zero attached hydrogens (tertiary/aromatic N) is 2. The van der Waals surface area contributed by atoms with Crippen molar-refractivity contribution < 1.29 is 61.9 Å². The zero-order chi connectivity index (χ0) is 33.6. The minimum Gasteiger partial charge on any atom is -0.380 e. The molecule has 0 bridgehead atoms. The van der Waals surface area contributed by atoms with Crippen LogP contribution in [0.2, 0.25) is 0 Å². The number of likely N-dealkylation sites (tertiary alicyclic amines) is 1. The molecule has 248 valence electrons. The highest BCUT2D eigenvalue weighted by Gasteiger charge is 2.74. The molecule has 0 radical (unpaired) electrons. The number of hydrogen-bond acceptors (Lipinski definition) is 7. The van der Waals surface area contributed by atoms with Gasteiger partial charge in [0.25, 0.3) is 5.91 Å². The highest BCUT2D eigenvalue weighted by Crippen LogP contribution is 2.57. The molecule has 3 heterocycles. The summed E-state index contributed by atoms with van der Waals surface area (Å²) < 4.78 is 161. The largest absolute Gasteiger partial charge is 0.435 e. The topological polar surface area (TPSA) is 112 Å². The van der Waals surface area contributed by atoms with Crippen molar-refractivity contribution in [3.8, 4) is 0 Å². The first-order valence-electron chi connectivity index (χ1n) is 13.4. The molecule has 0 aromatic heterocycles. The highest BCUT2D eigenvalue weighted by atomic mass is 32.2. The SMILES string of the molecule is CN1CC2N(C(=O)C3(O)CCS(=O)(=O)CC3)CCC2(S(=O)(=O)c2ccc(F)cc2)c2ccc(C(F)(C(F)(F)F)C(F)(F)F)cc21. The summed E-state index contributed by atoms with van der Waals surface area (Å²) >= 11 is 0. The summed E-state index contributed by atoms with van der Waals surface area (Å²) in [5.74, 6) is -2.86. The van der Waals surface area contributed by atoms with Gasteiger partial charge in [-0.15, -0.1) is 0 Å². The highest BCUT2D eigenvalue weighted by molar-refractivity contribution is 7.92. The van der Waals surface area contributed by atoms with Crippen molar-refractivity contribution in [3.63, 3.8) is 0 Å². The third kappa shape index (κ3) is 4.89. The van der Waals surface area contributed by atoms with E-state index in [2.05, 4.69) is 0 Å². The van der Waals surface area contributed by atoms with E-state index in [0.717, 1.165) is 34.1 Å². The zero-order valence-electron chi connectivity index (χ0n) is 23.3. The molecular weight excluding hydrogens is 664 g/mol. The van der Waals surface area contributed by atoms with Gasteiger partial charge in [0, 0.05) is 31.4 Å². The number of anilines is 1. The van der Waals surface area contributed by atoms with Crippen LogP contribution in [0.3, 0.4) is 0 Å². The second-order valence-corrected chi connectivity index (χ2v) is 16.1. The van der Waals surface area contributed by atoms with Gasteiger partial charge in [0.1, 0.15) is 16.2 Å². The average molecular weight is 691 g/mol. The van der Waals surface area contributed by atoms with E-state index in [1.807, 2.05) is 0 Å². The summed E-state index contributed by atoms with van der Waals surface area (Å²) in [5, 5.41) is 11.2. The third-order valence-corrected chi connectivity index (χ3v) is 13.2. The molecule has 1 amide bonds. The Morgan fingerprint density at radius 3 is 2.02 bits per heavy atom. The summed E-state index contributed by atoms with van der Waals surface area (Å²) in [7, 11) is -7.11. The number of benzene rings is 2. The predicted molar refractivity (Wildman–Crippen MR) is 143 cm³/mol. The molecule has 0 aliphatic carbocycles. The Labute approximate surface area is 252 Å². The van der Waals surface area contributed by atoms with E-state index in [-0.39, 0.29) is 24.2 Å². The molecular formula is C27H26F8N2O6S2. The standard InChI is InChI=1S/C27H26F8N2O6S2/c1-36-15-21-24(45(42,43)18-5-3-17(28)4-6-18,8-11-37(21)22(38)23(39)9-12-44(40,41)13-10-23)19-7-2-16(14-20(19)36)25(29,26(30,31)32)27(33,34)35/h2-7,14,21,39H,8-13,15H2,1H3. The van der Waals surface area contributed by atoms with Crippen molar-refractivity contribution in [2.75, 3.05) is 36.5 Å². The molecule has 3 aliphatic rings. The Kier molecular flexibility index (Phi) is 7.61. The van der Waals surface area contributed by atoms with Crippen LogP contribution in [-0.4, -0.2) is 88.4 Å². The first kappa shape index (κ1) is 33.4. The monoisotopic (exact) mass is 690 g/mol. The van der Waals surface area contributed by atoms with Crippen molar-refractivity contribution in [1.82, 2.24) is 4.90 Å². The van der Waals surface area contributed by atoms with Crippen molar-refractivity contribution in [1.29, 1.82) is 0 Å². The Balaban J connectivity index is 1.71. The van der Waals surface area contributed by atoms with E-state index in [1.165, 1.54) is 7.05 Å². The molecule has 1 N–H and O–H groups in total. The smallest absolute Gasteiger partial charge is 0.380 e. The molecule has 2 saturated heterocycles. The number of aliphatic hydroxyl groups is 1. The van der Waals surface area contributed by atoms with Gasteiger partial charge in [-0.05, 0) is 55.2 Å². The lowest BCUT2D eigenvalue weighted by Gasteiger charge is -2.47. The second-order valence-electron chi connectivity index (χ2n) is 11.6. The zero-order valence-corrected chi connectivity index (χ0v) is 24.9. The van der Waals surface area contributed by atoms with Crippen LogP contribution in [0.1, 0.15) is 30.4 Å². The maximum Gasteiger partial charge on any atom is 0.435 e. The van der Waals surface area contributed by atoms with E-state index < -0.39 is 119 Å². The van der Waals surface area contributed by atoms with Crippen LogP contribution in [0, 0.1) is 5.82 Å². The van der Waals surface area contributed by atoms with Crippen LogP contribution in [0.5, 0.6) is 0 Å². The van der Waals surface area contributed by atoms with Crippen molar-refractivity contribution in [2.24, 2.45) is 0 Å². The molecule has 2 aromatic rings. The Morgan fingerprint density at radius 1 is 0.933 bits per heavy atom. The number of fused-ring (bicyclic) bond motifs is 3. The molecule has 8 nitrogen and oxygen atoms in total. The molecule has 18 heteroatoms. The normalized spacial score (nSPS) is 25.1. The second kappa shape index (κ2) is 10.3. The predicted octanol–water partition coefficient (Wildman–Crippen LogP) is 3.77. The number of likely N-dealkylation sites (N-methyl/N-ethyl adjacent to an activating group) is 1. The van der Waals surface area contributed by atoms with Gasteiger partial charge in [0.2, 0.25) is 0 Å². The average Bonchev–Trinajstić information content (AvgIpc) is 3.33. The number of carbonyl (C=O) groups excluding carboxylic acids is 1. The minimum absolute atomic E-state index is 0.196. The molecule has 2 aromatic carbocycles. The molecule has 0 spiro atoms.